The molecule has 0 spiro atoms. The van der Waals surface area contributed by atoms with Gasteiger partial charge in [-0.05, 0) is 29.8 Å². The number of aromatic nitrogens is 4. The number of aromatic amines is 1. The zero-order chi connectivity index (χ0) is 22.8. The molecule has 4 N–H and O–H groups in total. The van der Waals surface area contributed by atoms with Gasteiger partial charge in [0.15, 0.2) is 17.1 Å². The second kappa shape index (κ2) is 8.66. The van der Waals surface area contributed by atoms with Gasteiger partial charge in [-0.1, -0.05) is 30.3 Å². The van der Waals surface area contributed by atoms with E-state index in [1.807, 2.05) is 30.3 Å². The van der Waals surface area contributed by atoms with Crippen LogP contribution in [0, 0.1) is 0 Å². The van der Waals surface area contributed by atoms with Crippen molar-refractivity contribution >= 4 is 33.6 Å². The number of nitrogens with one attached hydrogen (secondary N) is 2. The summed E-state index contributed by atoms with van der Waals surface area (Å²) in [5.74, 6) is 2.45. The minimum absolute atomic E-state index is 0.0574. The van der Waals surface area contributed by atoms with Crippen LogP contribution in [-0.4, -0.2) is 40.7 Å². The van der Waals surface area contributed by atoms with E-state index in [9.17, 15) is 0 Å². The summed E-state index contributed by atoms with van der Waals surface area (Å²) in [4.78, 5) is 16.4. The summed E-state index contributed by atoms with van der Waals surface area (Å²) < 4.78 is 11.4. The van der Waals surface area contributed by atoms with Gasteiger partial charge >= 0.3 is 0 Å². The van der Waals surface area contributed by atoms with Gasteiger partial charge in [-0.15, -0.1) is 0 Å². The number of para-hydroxylation sites is 2. The second-order valence-electron chi connectivity index (χ2n) is 7.64. The second-order valence-corrected chi connectivity index (χ2v) is 7.64. The SMILES string of the molecule is COc1cccc(C(CNc2ncnc3nc(N)ccc23)c2c[nH]c3ccccc23)c1OC. The maximum Gasteiger partial charge on any atom is 0.166 e. The van der Waals surface area contributed by atoms with Crippen LogP contribution in [0.5, 0.6) is 11.5 Å². The number of nitrogen functional groups attached to an aromatic ring is 1. The molecule has 3 heterocycles. The minimum atomic E-state index is -0.0574. The lowest BCUT2D eigenvalue weighted by molar-refractivity contribution is 0.350. The first-order valence-corrected chi connectivity index (χ1v) is 10.6. The molecule has 2 aromatic carbocycles. The maximum absolute atomic E-state index is 5.83. The summed E-state index contributed by atoms with van der Waals surface area (Å²) in [5, 5.41) is 5.46. The topological polar surface area (TPSA) is 111 Å². The zero-order valence-corrected chi connectivity index (χ0v) is 18.4. The van der Waals surface area contributed by atoms with Crippen LogP contribution in [-0.2, 0) is 0 Å². The Morgan fingerprint density at radius 1 is 0.939 bits per heavy atom. The number of pyridine rings is 1. The summed E-state index contributed by atoms with van der Waals surface area (Å²) in [6.45, 7) is 0.557. The van der Waals surface area contributed by atoms with E-state index in [0.717, 1.165) is 27.4 Å². The smallest absolute Gasteiger partial charge is 0.166 e. The summed E-state index contributed by atoms with van der Waals surface area (Å²) in [6, 6.07) is 17.8. The predicted octanol–water partition coefficient (Wildman–Crippen LogP) is 4.35. The molecule has 0 aliphatic heterocycles. The Balaban J connectivity index is 1.60. The highest BCUT2D eigenvalue weighted by Crippen LogP contribution is 2.40. The predicted molar refractivity (Wildman–Crippen MR) is 130 cm³/mol. The van der Waals surface area contributed by atoms with Gasteiger partial charge in [0.2, 0.25) is 0 Å². The van der Waals surface area contributed by atoms with Gasteiger partial charge in [-0.3, -0.25) is 0 Å². The summed E-state index contributed by atoms with van der Waals surface area (Å²) in [5.41, 5.74) is 9.61. The van der Waals surface area contributed by atoms with E-state index in [1.54, 1.807) is 20.3 Å². The van der Waals surface area contributed by atoms with Gasteiger partial charge in [0.25, 0.3) is 0 Å². The zero-order valence-electron chi connectivity index (χ0n) is 18.4. The Morgan fingerprint density at radius 2 is 1.82 bits per heavy atom. The van der Waals surface area contributed by atoms with E-state index in [1.165, 1.54) is 6.33 Å². The molecule has 1 atom stereocenters. The number of rotatable bonds is 7. The summed E-state index contributed by atoms with van der Waals surface area (Å²) in [6.07, 6.45) is 3.54. The average Bonchev–Trinajstić information content (AvgIpc) is 3.27. The van der Waals surface area contributed by atoms with Crippen molar-refractivity contribution in [3.63, 3.8) is 0 Å². The first-order chi connectivity index (χ1) is 16.2. The van der Waals surface area contributed by atoms with Crippen LogP contribution < -0.4 is 20.5 Å². The Morgan fingerprint density at radius 3 is 2.67 bits per heavy atom. The fraction of sp³-hybridized carbons (Fsp3) is 0.160. The van der Waals surface area contributed by atoms with Gasteiger partial charge in [-0.25, -0.2) is 15.0 Å². The highest BCUT2D eigenvalue weighted by molar-refractivity contribution is 5.87. The number of ether oxygens (including phenoxy) is 2. The molecule has 166 valence electrons. The van der Waals surface area contributed by atoms with Crippen LogP contribution in [0.15, 0.2) is 67.1 Å². The highest BCUT2D eigenvalue weighted by atomic mass is 16.5. The number of nitrogens with zero attached hydrogens (tertiary/aromatic N) is 3. The maximum atomic E-state index is 5.83. The molecule has 0 bridgehead atoms. The van der Waals surface area contributed by atoms with Crippen molar-refractivity contribution in [3.05, 3.63) is 78.2 Å². The van der Waals surface area contributed by atoms with E-state index in [4.69, 9.17) is 15.2 Å². The first-order valence-electron chi connectivity index (χ1n) is 10.6. The molecule has 5 aromatic rings. The number of benzene rings is 2. The van der Waals surface area contributed by atoms with Crippen molar-refractivity contribution in [2.24, 2.45) is 0 Å². The molecule has 33 heavy (non-hydrogen) atoms. The number of methoxy groups -OCH3 is 2. The molecule has 3 aromatic heterocycles. The third-order valence-electron chi connectivity index (χ3n) is 5.80. The first kappa shape index (κ1) is 20.6. The molecule has 8 heteroatoms. The van der Waals surface area contributed by atoms with E-state index in [0.29, 0.717) is 35.3 Å². The lowest BCUT2D eigenvalue weighted by Crippen LogP contribution is -2.16. The van der Waals surface area contributed by atoms with E-state index in [2.05, 4.69) is 49.6 Å². The van der Waals surface area contributed by atoms with Crippen LogP contribution in [0.2, 0.25) is 0 Å². The lowest BCUT2D eigenvalue weighted by atomic mass is 9.89. The van der Waals surface area contributed by atoms with Gasteiger partial charge in [0, 0.05) is 35.1 Å². The van der Waals surface area contributed by atoms with Crippen LogP contribution in [0.1, 0.15) is 17.0 Å². The number of hydrogen-bond donors (Lipinski definition) is 3. The third kappa shape index (κ3) is 3.76. The number of anilines is 2. The van der Waals surface area contributed by atoms with Crippen LogP contribution in [0.3, 0.4) is 0 Å². The number of H-pyrrole nitrogens is 1. The molecule has 0 aliphatic carbocycles. The molecule has 1 unspecified atom stereocenters. The van der Waals surface area contributed by atoms with Crippen molar-refractivity contribution in [2.45, 2.75) is 5.92 Å². The molecule has 0 saturated heterocycles. The van der Waals surface area contributed by atoms with Crippen molar-refractivity contribution in [3.8, 4) is 11.5 Å². The molecule has 0 amide bonds. The molecule has 0 saturated carbocycles. The van der Waals surface area contributed by atoms with Crippen LogP contribution in [0.25, 0.3) is 21.9 Å². The minimum Gasteiger partial charge on any atom is -0.493 e. The van der Waals surface area contributed by atoms with Gasteiger partial charge in [-0.2, -0.15) is 0 Å². The standard InChI is InChI=1S/C25H24N6O2/c1-32-21-9-5-7-16(23(21)33-2)19(18-12-27-20-8-4-3-6-15(18)20)13-28-24-17-10-11-22(26)31-25(17)30-14-29-24/h3-12,14,19,27H,13H2,1-2H3,(H3,26,28,29,30,31). The summed E-state index contributed by atoms with van der Waals surface area (Å²) >= 11 is 0. The number of fused-ring (bicyclic) bond motifs is 2. The average molecular weight is 441 g/mol. The molecular formula is C25H24N6O2. The molecule has 5 rings (SSSR count). The molecule has 8 nitrogen and oxygen atoms in total. The third-order valence-corrected chi connectivity index (χ3v) is 5.80. The number of hydrogen-bond acceptors (Lipinski definition) is 7. The van der Waals surface area contributed by atoms with Crippen molar-refractivity contribution < 1.29 is 9.47 Å². The fourth-order valence-corrected chi connectivity index (χ4v) is 4.25. The van der Waals surface area contributed by atoms with E-state index < -0.39 is 0 Å². The van der Waals surface area contributed by atoms with Gasteiger partial charge < -0.3 is 25.5 Å². The lowest BCUT2D eigenvalue weighted by Gasteiger charge is -2.22. The Kier molecular flexibility index (Phi) is 5.40. The van der Waals surface area contributed by atoms with Crippen molar-refractivity contribution in [1.82, 2.24) is 19.9 Å². The Bertz CT molecular complexity index is 1430. The highest BCUT2D eigenvalue weighted by Gasteiger charge is 2.24. The number of nitrogens with two attached hydrogens (primary N) is 1. The quantitative estimate of drug-likeness (QED) is 0.345. The summed E-state index contributed by atoms with van der Waals surface area (Å²) in [7, 11) is 3.31. The largest absolute Gasteiger partial charge is 0.493 e. The fourth-order valence-electron chi connectivity index (χ4n) is 4.25. The van der Waals surface area contributed by atoms with E-state index >= 15 is 0 Å². The molecule has 0 radical (unpaired) electrons. The Hall–Kier alpha value is -4.33. The molecule has 0 aliphatic rings. The van der Waals surface area contributed by atoms with Gasteiger partial charge in [0.05, 0.1) is 19.6 Å². The van der Waals surface area contributed by atoms with E-state index in [-0.39, 0.29) is 5.92 Å². The normalized spacial score (nSPS) is 12.1. The van der Waals surface area contributed by atoms with Crippen LogP contribution in [0.4, 0.5) is 11.6 Å². The molecular weight excluding hydrogens is 416 g/mol. The van der Waals surface area contributed by atoms with Crippen LogP contribution >= 0.6 is 0 Å². The van der Waals surface area contributed by atoms with Gasteiger partial charge in [0.1, 0.15) is 18.0 Å². The Labute approximate surface area is 190 Å². The molecule has 0 fully saturated rings. The van der Waals surface area contributed by atoms with Crippen molar-refractivity contribution in [1.29, 1.82) is 0 Å². The monoisotopic (exact) mass is 440 g/mol. The van der Waals surface area contributed by atoms with Crippen molar-refractivity contribution in [2.75, 3.05) is 31.8 Å².